The Hall–Kier alpha value is -3.28. The third-order valence-electron chi connectivity index (χ3n) is 4.01. The zero-order valence-corrected chi connectivity index (χ0v) is 17.9. The van der Waals surface area contributed by atoms with Crippen molar-refractivity contribution in [1.29, 1.82) is 0 Å². The lowest BCUT2D eigenvalue weighted by Gasteiger charge is -2.13. The van der Waals surface area contributed by atoms with Crippen LogP contribution in [0.2, 0.25) is 5.02 Å². The maximum Gasteiger partial charge on any atom is 0.335 e. The third kappa shape index (κ3) is 5.26. The van der Waals surface area contributed by atoms with E-state index in [9.17, 15) is 26.7 Å². The molecular weight excluding hydrogens is 468 g/mol. The molecule has 0 aromatic heterocycles. The van der Waals surface area contributed by atoms with E-state index in [-0.39, 0.29) is 26.7 Å². The average molecular weight is 483 g/mol. The summed E-state index contributed by atoms with van der Waals surface area (Å²) in [6.07, 6.45) is 0. The lowest BCUT2D eigenvalue weighted by Crippen LogP contribution is -2.16. The van der Waals surface area contributed by atoms with Crippen molar-refractivity contribution >= 4 is 49.0 Å². The SMILES string of the molecule is O=C(O)c1ccc(S(=O)(=O)Nc2cc(S(=O)(=O)Nc3cccc(Cl)c3)ccc2O)cc1. The molecule has 0 aliphatic rings. The number of anilines is 2. The van der Waals surface area contributed by atoms with Crippen molar-refractivity contribution in [3.63, 3.8) is 0 Å². The van der Waals surface area contributed by atoms with Gasteiger partial charge in [0.05, 0.1) is 26.7 Å². The molecule has 0 saturated heterocycles. The normalized spacial score (nSPS) is 11.6. The van der Waals surface area contributed by atoms with Crippen molar-refractivity contribution in [1.82, 2.24) is 0 Å². The number of halogens is 1. The number of sulfonamides is 2. The monoisotopic (exact) mass is 482 g/mol. The highest BCUT2D eigenvalue weighted by atomic mass is 35.5. The maximum atomic E-state index is 12.6. The molecule has 0 aliphatic carbocycles. The van der Waals surface area contributed by atoms with Crippen LogP contribution in [-0.2, 0) is 20.0 Å². The van der Waals surface area contributed by atoms with E-state index in [0.717, 1.165) is 42.5 Å². The Bertz CT molecular complexity index is 1360. The zero-order chi connectivity index (χ0) is 22.8. The first-order valence-electron chi connectivity index (χ1n) is 8.45. The molecule has 3 aromatic carbocycles. The van der Waals surface area contributed by atoms with Crippen molar-refractivity contribution < 1.29 is 31.8 Å². The highest BCUT2D eigenvalue weighted by molar-refractivity contribution is 7.93. The number of carbonyl (C=O) groups is 1. The van der Waals surface area contributed by atoms with Crippen LogP contribution in [0.5, 0.6) is 5.75 Å². The Kier molecular flexibility index (Phi) is 6.11. The quantitative estimate of drug-likeness (QED) is 0.377. The molecule has 0 amide bonds. The smallest absolute Gasteiger partial charge is 0.335 e. The number of rotatable bonds is 7. The Balaban J connectivity index is 1.90. The van der Waals surface area contributed by atoms with E-state index in [0.29, 0.717) is 5.02 Å². The van der Waals surface area contributed by atoms with Gasteiger partial charge in [0.25, 0.3) is 20.0 Å². The van der Waals surface area contributed by atoms with Gasteiger partial charge in [-0.2, -0.15) is 0 Å². The van der Waals surface area contributed by atoms with E-state index in [2.05, 4.69) is 9.44 Å². The minimum absolute atomic E-state index is 0.109. The molecule has 162 valence electrons. The van der Waals surface area contributed by atoms with Crippen LogP contribution in [0.1, 0.15) is 10.4 Å². The van der Waals surface area contributed by atoms with Gasteiger partial charge in [-0.05, 0) is 60.7 Å². The number of benzene rings is 3. The molecule has 0 bridgehead atoms. The van der Waals surface area contributed by atoms with Gasteiger partial charge in [0.15, 0.2) is 0 Å². The maximum absolute atomic E-state index is 12.6. The van der Waals surface area contributed by atoms with E-state index in [1.165, 1.54) is 12.1 Å². The van der Waals surface area contributed by atoms with Crippen molar-refractivity contribution in [3.8, 4) is 5.75 Å². The van der Waals surface area contributed by atoms with Crippen LogP contribution in [0.4, 0.5) is 11.4 Å². The minimum Gasteiger partial charge on any atom is -0.506 e. The molecule has 3 aromatic rings. The molecule has 3 rings (SSSR count). The first kappa shape index (κ1) is 22.4. The van der Waals surface area contributed by atoms with E-state index >= 15 is 0 Å². The lowest BCUT2D eigenvalue weighted by atomic mass is 10.2. The number of phenols is 1. The summed E-state index contributed by atoms with van der Waals surface area (Å²) in [7, 11) is -8.37. The fourth-order valence-corrected chi connectivity index (χ4v) is 4.84. The molecular formula is C19H15ClN2O7S2. The second-order valence-electron chi connectivity index (χ2n) is 6.23. The zero-order valence-electron chi connectivity index (χ0n) is 15.5. The summed E-state index contributed by atoms with van der Waals surface area (Å²) < 4.78 is 54.8. The molecule has 4 N–H and O–H groups in total. The van der Waals surface area contributed by atoms with E-state index < -0.39 is 31.8 Å². The van der Waals surface area contributed by atoms with Gasteiger partial charge in [0.1, 0.15) is 5.75 Å². The Labute approximate surface area is 183 Å². The van der Waals surface area contributed by atoms with Gasteiger partial charge in [-0.25, -0.2) is 21.6 Å². The van der Waals surface area contributed by atoms with Crippen LogP contribution in [0.15, 0.2) is 76.5 Å². The van der Waals surface area contributed by atoms with Crippen molar-refractivity contribution in [2.45, 2.75) is 9.79 Å². The van der Waals surface area contributed by atoms with Gasteiger partial charge in [-0.3, -0.25) is 9.44 Å². The van der Waals surface area contributed by atoms with Gasteiger partial charge >= 0.3 is 5.97 Å². The molecule has 0 radical (unpaired) electrons. The van der Waals surface area contributed by atoms with Crippen molar-refractivity contribution in [2.24, 2.45) is 0 Å². The van der Waals surface area contributed by atoms with Crippen LogP contribution in [0.3, 0.4) is 0 Å². The Morgan fingerprint density at radius 3 is 2.03 bits per heavy atom. The van der Waals surface area contributed by atoms with Crippen LogP contribution in [-0.4, -0.2) is 33.0 Å². The molecule has 0 spiro atoms. The molecule has 9 nitrogen and oxygen atoms in total. The summed E-state index contributed by atoms with van der Waals surface area (Å²) in [6, 6.07) is 13.4. The van der Waals surface area contributed by atoms with Gasteiger partial charge in [-0.15, -0.1) is 0 Å². The Morgan fingerprint density at radius 1 is 0.806 bits per heavy atom. The summed E-state index contributed by atoms with van der Waals surface area (Å²) >= 11 is 5.85. The van der Waals surface area contributed by atoms with Gasteiger partial charge < -0.3 is 10.2 Å². The van der Waals surface area contributed by atoms with Crippen molar-refractivity contribution in [2.75, 3.05) is 9.44 Å². The topological polar surface area (TPSA) is 150 Å². The second kappa shape index (κ2) is 8.46. The third-order valence-corrected chi connectivity index (χ3v) is 7.01. The highest BCUT2D eigenvalue weighted by Crippen LogP contribution is 2.30. The number of carboxylic acids is 1. The molecule has 0 fully saturated rings. The second-order valence-corrected chi connectivity index (χ2v) is 10.0. The molecule has 0 atom stereocenters. The fourth-order valence-electron chi connectivity index (χ4n) is 2.51. The number of nitrogens with one attached hydrogen (secondary N) is 2. The summed E-state index contributed by atoms with van der Waals surface area (Å²) in [5.41, 5.74) is -0.292. The largest absolute Gasteiger partial charge is 0.506 e. The molecule has 0 unspecified atom stereocenters. The minimum atomic E-state index is -4.24. The van der Waals surface area contributed by atoms with Crippen LogP contribution < -0.4 is 9.44 Å². The van der Waals surface area contributed by atoms with Gasteiger partial charge in [0, 0.05) is 5.02 Å². The van der Waals surface area contributed by atoms with E-state index in [4.69, 9.17) is 16.7 Å². The summed E-state index contributed by atoms with van der Waals surface area (Å²) in [4.78, 5) is 10.3. The number of aromatic carboxylic acids is 1. The average Bonchev–Trinajstić information content (AvgIpc) is 2.69. The number of aromatic hydroxyl groups is 1. The van der Waals surface area contributed by atoms with E-state index in [1.807, 2.05) is 0 Å². The first-order valence-corrected chi connectivity index (χ1v) is 11.8. The van der Waals surface area contributed by atoms with Crippen LogP contribution in [0.25, 0.3) is 0 Å². The number of hydrogen-bond acceptors (Lipinski definition) is 6. The molecule has 31 heavy (non-hydrogen) atoms. The summed E-state index contributed by atoms with van der Waals surface area (Å²) in [5.74, 6) is -1.73. The van der Waals surface area contributed by atoms with Crippen LogP contribution in [0, 0.1) is 0 Å². The summed E-state index contributed by atoms with van der Waals surface area (Å²) in [6.45, 7) is 0. The van der Waals surface area contributed by atoms with Gasteiger partial charge in [0.2, 0.25) is 0 Å². The highest BCUT2D eigenvalue weighted by Gasteiger charge is 2.21. The molecule has 0 heterocycles. The number of hydrogen-bond donors (Lipinski definition) is 4. The Morgan fingerprint density at radius 2 is 1.42 bits per heavy atom. The standard InChI is InChI=1S/C19H15ClN2O7S2/c20-13-2-1-3-14(10-13)21-31(28,29)16-8-9-18(23)17(11-16)22-30(26,27)15-6-4-12(5-7-15)19(24)25/h1-11,21-23H,(H,24,25). The summed E-state index contributed by atoms with van der Waals surface area (Å²) in [5, 5.41) is 19.2. The molecule has 0 saturated carbocycles. The van der Waals surface area contributed by atoms with Crippen molar-refractivity contribution in [3.05, 3.63) is 77.3 Å². The van der Waals surface area contributed by atoms with E-state index in [1.54, 1.807) is 12.1 Å². The molecule has 12 heteroatoms. The first-order chi connectivity index (χ1) is 14.5. The van der Waals surface area contributed by atoms with Gasteiger partial charge in [-0.1, -0.05) is 17.7 Å². The van der Waals surface area contributed by atoms with Crippen LogP contribution >= 0.6 is 11.6 Å². The predicted octanol–water partition coefficient (Wildman–Crippen LogP) is 3.35. The molecule has 0 aliphatic heterocycles. The fraction of sp³-hybridized carbons (Fsp3) is 0. The predicted molar refractivity (Wildman–Crippen MR) is 115 cm³/mol. The number of phenolic OH excluding ortho intramolecular Hbond substituents is 1. The number of carboxylic acid groups (broad SMARTS) is 1. The lowest BCUT2D eigenvalue weighted by molar-refractivity contribution is 0.0696.